The molecule has 5 nitrogen and oxygen atoms in total. The molecular formula is C21H29N3O2. The highest BCUT2D eigenvalue weighted by molar-refractivity contribution is 5.95. The molecule has 1 aromatic carbocycles. The Kier molecular flexibility index (Phi) is 6.09. The number of carbonyl (C=O) groups is 2. The molecule has 1 saturated heterocycles. The molecule has 5 heteroatoms. The maximum absolute atomic E-state index is 12.9. The van der Waals surface area contributed by atoms with Crippen molar-refractivity contribution in [3.63, 3.8) is 0 Å². The molecule has 2 aliphatic heterocycles. The van der Waals surface area contributed by atoms with E-state index in [0.717, 1.165) is 55.6 Å². The Morgan fingerprint density at radius 2 is 2.00 bits per heavy atom. The summed E-state index contributed by atoms with van der Waals surface area (Å²) in [6.07, 6.45) is 4.87. The Morgan fingerprint density at radius 1 is 1.23 bits per heavy atom. The molecule has 0 radical (unpaired) electrons. The second-order valence-electron chi connectivity index (χ2n) is 7.50. The Bertz CT molecular complexity index is 691. The second-order valence-corrected chi connectivity index (χ2v) is 7.50. The van der Waals surface area contributed by atoms with Gasteiger partial charge in [-0.15, -0.1) is 0 Å². The number of amides is 2. The van der Waals surface area contributed by atoms with Crippen LogP contribution in [0.25, 0.3) is 0 Å². The van der Waals surface area contributed by atoms with Crippen LogP contribution in [0.5, 0.6) is 0 Å². The Morgan fingerprint density at radius 3 is 2.69 bits per heavy atom. The Balaban J connectivity index is 1.58. The number of hydrogen-bond acceptors (Lipinski definition) is 3. The zero-order chi connectivity index (χ0) is 18.5. The van der Waals surface area contributed by atoms with Gasteiger partial charge in [0.15, 0.2) is 0 Å². The topological polar surface area (TPSA) is 61.4 Å². The summed E-state index contributed by atoms with van der Waals surface area (Å²) in [5, 5.41) is 6.34. The molecule has 0 aliphatic carbocycles. The van der Waals surface area contributed by atoms with E-state index in [1.807, 2.05) is 30.9 Å². The van der Waals surface area contributed by atoms with E-state index >= 15 is 0 Å². The largest absolute Gasteiger partial charge is 0.352 e. The molecule has 2 heterocycles. The lowest BCUT2D eigenvalue weighted by molar-refractivity contribution is -0.126. The highest BCUT2D eigenvalue weighted by Gasteiger charge is 2.29. The number of rotatable bonds is 4. The molecule has 1 atom stereocenters. The molecule has 26 heavy (non-hydrogen) atoms. The van der Waals surface area contributed by atoms with Crippen LogP contribution in [0, 0.1) is 19.8 Å². The first-order valence-electron chi connectivity index (χ1n) is 9.57. The summed E-state index contributed by atoms with van der Waals surface area (Å²) in [6.45, 7) is 7.74. The molecule has 0 aromatic heterocycles. The molecule has 0 saturated carbocycles. The fourth-order valence-corrected chi connectivity index (χ4v) is 3.83. The number of piperidine rings is 1. The van der Waals surface area contributed by atoms with Crippen LogP contribution in [-0.2, 0) is 4.79 Å². The fraction of sp³-hybridized carbons (Fsp3) is 0.524. The van der Waals surface area contributed by atoms with Gasteiger partial charge in [-0.2, -0.15) is 0 Å². The summed E-state index contributed by atoms with van der Waals surface area (Å²) in [4.78, 5) is 27.3. The zero-order valence-electron chi connectivity index (χ0n) is 15.8. The molecule has 0 spiro atoms. The van der Waals surface area contributed by atoms with Crippen LogP contribution in [0.15, 0.2) is 29.8 Å². The van der Waals surface area contributed by atoms with Crippen molar-refractivity contribution >= 4 is 11.8 Å². The lowest BCUT2D eigenvalue weighted by atomic mass is 9.96. The van der Waals surface area contributed by atoms with Crippen molar-refractivity contribution in [2.75, 3.05) is 32.7 Å². The molecule has 2 amide bonds. The third-order valence-corrected chi connectivity index (χ3v) is 5.20. The third kappa shape index (κ3) is 4.73. The van der Waals surface area contributed by atoms with Crippen molar-refractivity contribution in [1.82, 2.24) is 15.5 Å². The lowest BCUT2D eigenvalue weighted by Gasteiger charge is -2.32. The molecule has 1 fully saturated rings. The number of benzene rings is 1. The maximum atomic E-state index is 12.9. The van der Waals surface area contributed by atoms with Gasteiger partial charge in [-0.1, -0.05) is 28.8 Å². The number of likely N-dealkylation sites (tertiary alicyclic amines) is 1. The van der Waals surface area contributed by atoms with E-state index in [1.54, 1.807) is 0 Å². The van der Waals surface area contributed by atoms with Crippen molar-refractivity contribution < 1.29 is 9.59 Å². The van der Waals surface area contributed by atoms with Crippen molar-refractivity contribution in [3.8, 4) is 0 Å². The summed E-state index contributed by atoms with van der Waals surface area (Å²) in [5.74, 6) is -0.00126. The van der Waals surface area contributed by atoms with Gasteiger partial charge in [0, 0.05) is 31.7 Å². The maximum Gasteiger partial charge on any atom is 0.253 e. The minimum absolute atomic E-state index is 0.0374. The van der Waals surface area contributed by atoms with Crippen LogP contribution in [0.1, 0.15) is 40.7 Å². The van der Waals surface area contributed by atoms with Gasteiger partial charge < -0.3 is 15.5 Å². The summed E-state index contributed by atoms with van der Waals surface area (Å²) >= 11 is 0. The van der Waals surface area contributed by atoms with E-state index in [0.29, 0.717) is 13.1 Å². The molecule has 0 bridgehead atoms. The van der Waals surface area contributed by atoms with Crippen LogP contribution < -0.4 is 10.6 Å². The van der Waals surface area contributed by atoms with Crippen LogP contribution in [0.2, 0.25) is 0 Å². The number of carbonyl (C=O) groups excluding carboxylic acids is 2. The molecule has 2 aliphatic rings. The monoisotopic (exact) mass is 355 g/mol. The van der Waals surface area contributed by atoms with Gasteiger partial charge in [-0.25, -0.2) is 0 Å². The Hall–Kier alpha value is -2.14. The Labute approximate surface area is 155 Å². The minimum Gasteiger partial charge on any atom is -0.352 e. The van der Waals surface area contributed by atoms with Crippen LogP contribution in [0.3, 0.4) is 0 Å². The first-order chi connectivity index (χ1) is 12.5. The molecule has 1 aromatic rings. The van der Waals surface area contributed by atoms with Gasteiger partial charge in [0.2, 0.25) is 5.91 Å². The standard InChI is InChI=1S/C21H29N3O2/c1-15-10-16(2)12-19(11-15)21(26)24-9-3-4-18(14-24)20(25)23-13-17-5-7-22-8-6-17/h5,10-12,18,22H,3-4,6-9,13-14H2,1-2H3,(H,23,25). The van der Waals surface area contributed by atoms with Gasteiger partial charge in [-0.05, 0) is 51.8 Å². The van der Waals surface area contributed by atoms with E-state index < -0.39 is 0 Å². The van der Waals surface area contributed by atoms with E-state index in [9.17, 15) is 9.59 Å². The summed E-state index contributed by atoms with van der Waals surface area (Å²) in [7, 11) is 0. The molecular weight excluding hydrogens is 326 g/mol. The first-order valence-corrected chi connectivity index (χ1v) is 9.57. The average Bonchev–Trinajstić information content (AvgIpc) is 2.65. The highest BCUT2D eigenvalue weighted by Crippen LogP contribution is 2.20. The van der Waals surface area contributed by atoms with Gasteiger partial charge in [0.25, 0.3) is 5.91 Å². The first kappa shape index (κ1) is 18.6. The average molecular weight is 355 g/mol. The predicted molar refractivity (Wildman–Crippen MR) is 103 cm³/mol. The van der Waals surface area contributed by atoms with Crippen molar-refractivity contribution in [1.29, 1.82) is 0 Å². The van der Waals surface area contributed by atoms with Gasteiger partial charge >= 0.3 is 0 Å². The van der Waals surface area contributed by atoms with E-state index in [4.69, 9.17) is 0 Å². The van der Waals surface area contributed by atoms with Gasteiger partial charge in [-0.3, -0.25) is 9.59 Å². The fourth-order valence-electron chi connectivity index (χ4n) is 3.83. The smallest absolute Gasteiger partial charge is 0.253 e. The minimum atomic E-state index is -0.110. The SMILES string of the molecule is Cc1cc(C)cc(C(=O)N2CCCC(C(=O)NCC3=CCNCC3)C2)c1. The molecule has 3 rings (SSSR count). The van der Waals surface area contributed by atoms with Crippen molar-refractivity contribution in [3.05, 3.63) is 46.5 Å². The lowest BCUT2D eigenvalue weighted by Crippen LogP contribution is -2.46. The van der Waals surface area contributed by atoms with E-state index in [2.05, 4.69) is 22.8 Å². The molecule has 140 valence electrons. The normalized spacial score (nSPS) is 20.5. The number of aryl methyl sites for hydroxylation is 2. The molecule has 1 unspecified atom stereocenters. The van der Waals surface area contributed by atoms with E-state index in [1.165, 1.54) is 5.57 Å². The van der Waals surface area contributed by atoms with Crippen molar-refractivity contribution in [2.45, 2.75) is 33.1 Å². The van der Waals surface area contributed by atoms with E-state index in [-0.39, 0.29) is 17.7 Å². The van der Waals surface area contributed by atoms with Crippen molar-refractivity contribution in [2.24, 2.45) is 5.92 Å². The highest BCUT2D eigenvalue weighted by atomic mass is 16.2. The number of nitrogens with zero attached hydrogens (tertiary/aromatic N) is 1. The molecule has 2 N–H and O–H groups in total. The van der Waals surface area contributed by atoms with Crippen LogP contribution >= 0.6 is 0 Å². The predicted octanol–water partition coefficient (Wildman–Crippen LogP) is 2.19. The van der Waals surface area contributed by atoms with Crippen LogP contribution in [0.4, 0.5) is 0 Å². The third-order valence-electron chi connectivity index (χ3n) is 5.20. The van der Waals surface area contributed by atoms with Gasteiger partial charge in [0.1, 0.15) is 0 Å². The quantitative estimate of drug-likeness (QED) is 0.814. The summed E-state index contributed by atoms with van der Waals surface area (Å²) < 4.78 is 0. The number of hydrogen-bond donors (Lipinski definition) is 2. The van der Waals surface area contributed by atoms with Crippen LogP contribution in [-0.4, -0.2) is 49.4 Å². The zero-order valence-corrected chi connectivity index (χ0v) is 15.8. The van der Waals surface area contributed by atoms with Gasteiger partial charge in [0.05, 0.1) is 5.92 Å². The summed E-state index contributed by atoms with van der Waals surface area (Å²) in [6, 6.07) is 5.93. The summed E-state index contributed by atoms with van der Waals surface area (Å²) in [5.41, 5.74) is 4.20. The second kappa shape index (κ2) is 8.49. The number of nitrogens with one attached hydrogen (secondary N) is 2.